The second-order valence-electron chi connectivity index (χ2n) is 6.16. The molecule has 0 unspecified atom stereocenters. The Hall–Kier alpha value is -2.66. The first-order chi connectivity index (χ1) is 11.5. The SMILES string of the molecule is Cc1ccc(C(=O)Oc2cccc3[nH]cc(CCN(C)C)c23)nc1. The smallest absolute Gasteiger partial charge is 0.362 e. The number of aromatic nitrogens is 2. The molecule has 0 atom stereocenters. The maximum Gasteiger partial charge on any atom is 0.362 e. The van der Waals surface area contributed by atoms with Crippen LogP contribution in [0.2, 0.25) is 0 Å². The summed E-state index contributed by atoms with van der Waals surface area (Å²) in [6.45, 7) is 2.86. The molecule has 5 nitrogen and oxygen atoms in total. The van der Waals surface area contributed by atoms with E-state index < -0.39 is 5.97 Å². The summed E-state index contributed by atoms with van der Waals surface area (Å²) in [5.41, 5.74) is 3.41. The van der Waals surface area contributed by atoms with Crippen molar-refractivity contribution in [3.05, 3.63) is 59.5 Å². The Morgan fingerprint density at radius 2 is 2.08 bits per heavy atom. The molecule has 0 bridgehead atoms. The molecule has 0 spiro atoms. The van der Waals surface area contributed by atoms with Crippen LogP contribution in [-0.4, -0.2) is 41.5 Å². The summed E-state index contributed by atoms with van der Waals surface area (Å²) in [6, 6.07) is 9.21. The summed E-state index contributed by atoms with van der Waals surface area (Å²) in [6.07, 6.45) is 4.52. The van der Waals surface area contributed by atoms with E-state index in [1.807, 2.05) is 51.5 Å². The van der Waals surface area contributed by atoms with Gasteiger partial charge in [0.2, 0.25) is 0 Å². The zero-order chi connectivity index (χ0) is 17.1. The van der Waals surface area contributed by atoms with E-state index in [4.69, 9.17) is 4.74 Å². The maximum atomic E-state index is 12.4. The van der Waals surface area contributed by atoms with Crippen LogP contribution in [0.3, 0.4) is 0 Å². The van der Waals surface area contributed by atoms with Gasteiger partial charge in [-0.25, -0.2) is 9.78 Å². The first-order valence-corrected chi connectivity index (χ1v) is 7.93. The molecule has 0 aliphatic heterocycles. The number of fused-ring (bicyclic) bond motifs is 1. The van der Waals surface area contributed by atoms with Gasteiger partial charge in [-0.1, -0.05) is 12.1 Å². The zero-order valence-corrected chi connectivity index (χ0v) is 14.2. The number of benzene rings is 1. The van der Waals surface area contributed by atoms with Gasteiger partial charge in [0.05, 0.1) is 0 Å². The third-order valence-corrected chi connectivity index (χ3v) is 3.90. The Labute approximate surface area is 141 Å². The number of aromatic amines is 1. The number of rotatable bonds is 5. The largest absolute Gasteiger partial charge is 0.421 e. The van der Waals surface area contributed by atoms with Gasteiger partial charge in [0.1, 0.15) is 11.4 Å². The molecule has 1 N–H and O–H groups in total. The van der Waals surface area contributed by atoms with Gasteiger partial charge in [-0.05, 0) is 56.8 Å². The minimum absolute atomic E-state index is 0.308. The molecule has 0 saturated carbocycles. The van der Waals surface area contributed by atoms with Crippen LogP contribution in [-0.2, 0) is 6.42 Å². The van der Waals surface area contributed by atoms with Crippen molar-refractivity contribution in [2.45, 2.75) is 13.3 Å². The molecule has 2 heterocycles. The van der Waals surface area contributed by atoms with Gasteiger partial charge in [-0.2, -0.15) is 0 Å². The van der Waals surface area contributed by atoms with Gasteiger partial charge < -0.3 is 14.6 Å². The van der Waals surface area contributed by atoms with Crippen molar-refractivity contribution >= 4 is 16.9 Å². The molecular formula is C19H21N3O2. The lowest BCUT2D eigenvalue weighted by Crippen LogP contribution is -2.15. The van der Waals surface area contributed by atoms with Crippen molar-refractivity contribution in [2.75, 3.05) is 20.6 Å². The van der Waals surface area contributed by atoms with E-state index in [1.54, 1.807) is 12.3 Å². The van der Waals surface area contributed by atoms with Gasteiger partial charge in [-0.15, -0.1) is 0 Å². The predicted octanol–water partition coefficient (Wildman–Crippen LogP) is 3.19. The molecule has 1 aromatic carbocycles. The third-order valence-electron chi connectivity index (χ3n) is 3.90. The highest BCUT2D eigenvalue weighted by molar-refractivity contribution is 5.95. The normalized spacial score (nSPS) is 11.2. The Kier molecular flexibility index (Phi) is 4.62. The van der Waals surface area contributed by atoms with E-state index in [0.29, 0.717) is 11.4 Å². The van der Waals surface area contributed by atoms with Crippen molar-refractivity contribution in [3.8, 4) is 5.75 Å². The Morgan fingerprint density at radius 3 is 2.79 bits per heavy atom. The number of aryl methyl sites for hydroxylation is 1. The molecule has 3 rings (SSSR count). The molecule has 2 aromatic heterocycles. The lowest BCUT2D eigenvalue weighted by molar-refractivity contribution is 0.0731. The standard InChI is InChI=1S/C19H21N3O2/c1-13-7-8-16(20-11-13)19(23)24-17-6-4-5-15-18(17)14(12-21-15)9-10-22(2)3/h4-8,11-12,21H,9-10H2,1-3H3. The monoisotopic (exact) mass is 323 g/mol. The number of hydrogen-bond donors (Lipinski definition) is 1. The first kappa shape index (κ1) is 16.2. The fraction of sp³-hybridized carbons (Fsp3) is 0.263. The van der Waals surface area contributed by atoms with E-state index >= 15 is 0 Å². The van der Waals surface area contributed by atoms with E-state index in [-0.39, 0.29) is 0 Å². The maximum absolute atomic E-state index is 12.4. The molecule has 0 amide bonds. The molecule has 3 aromatic rings. The number of carbonyl (C=O) groups excluding carboxylic acids is 1. The second-order valence-corrected chi connectivity index (χ2v) is 6.16. The lowest BCUT2D eigenvalue weighted by Gasteiger charge is -2.10. The van der Waals surface area contributed by atoms with E-state index in [9.17, 15) is 4.79 Å². The lowest BCUT2D eigenvalue weighted by atomic mass is 10.1. The number of nitrogens with zero attached hydrogens (tertiary/aromatic N) is 2. The third kappa shape index (κ3) is 3.46. The summed E-state index contributed by atoms with van der Waals surface area (Å²) in [7, 11) is 4.08. The number of carbonyl (C=O) groups is 1. The van der Waals surface area contributed by atoms with Gasteiger partial charge in [0.15, 0.2) is 0 Å². The highest BCUT2D eigenvalue weighted by Crippen LogP contribution is 2.29. The van der Waals surface area contributed by atoms with Crippen molar-refractivity contribution in [1.29, 1.82) is 0 Å². The van der Waals surface area contributed by atoms with Crippen molar-refractivity contribution in [3.63, 3.8) is 0 Å². The van der Waals surface area contributed by atoms with Crippen molar-refractivity contribution in [1.82, 2.24) is 14.9 Å². The predicted molar refractivity (Wildman–Crippen MR) is 94.5 cm³/mol. The minimum atomic E-state index is -0.442. The first-order valence-electron chi connectivity index (χ1n) is 7.93. The average Bonchev–Trinajstić information content (AvgIpc) is 2.97. The number of H-pyrrole nitrogens is 1. The van der Waals surface area contributed by atoms with Crippen LogP contribution in [0.4, 0.5) is 0 Å². The fourth-order valence-corrected chi connectivity index (χ4v) is 2.59. The average molecular weight is 323 g/mol. The summed E-state index contributed by atoms with van der Waals surface area (Å²) >= 11 is 0. The Bertz CT molecular complexity index is 851. The van der Waals surface area contributed by atoms with Crippen LogP contribution >= 0.6 is 0 Å². The molecular weight excluding hydrogens is 302 g/mol. The van der Waals surface area contributed by atoms with Gasteiger partial charge >= 0.3 is 5.97 Å². The summed E-state index contributed by atoms with van der Waals surface area (Å²) in [4.78, 5) is 21.9. The van der Waals surface area contributed by atoms with Crippen LogP contribution < -0.4 is 4.74 Å². The van der Waals surface area contributed by atoms with Crippen molar-refractivity contribution < 1.29 is 9.53 Å². The highest BCUT2D eigenvalue weighted by atomic mass is 16.5. The van der Waals surface area contributed by atoms with Crippen LogP contribution in [0.25, 0.3) is 10.9 Å². The molecule has 0 aliphatic carbocycles. The Balaban J connectivity index is 1.89. The molecule has 24 heavy (non-hydrogen) atoms. The van der Waals surface area contributed by atoms with Crippen LogP contribution in [0.15, 0.2) is 42.7 Å². The second kappa shape index (κ2) is 6.84. The minimum Gasteiger partial charge on any atom is -0.421 e. The van der Waals surface area contributed by atoms with E-state index in [1.165, 1.54) is 0 Å². The highest BCUT2D eigenvalue weighted by Gasteiger charge is 2.15. The van der Waals surface area contributed by atoms with Gasteiger partial charge in [0, 0.05) is 29.8 Å². The molecule has 0 radical (unpaired) electrons. The molecule has 0 aliphatic rings. The quantitative estimate of drug-likeness (QED) is 0.579. The number of hydrogen-bond acceptors (Lipinski definition) is 4. The number of pyridine rings is 1. The van der Waals surface area contributed by atoms with Crippen LogP contribution in [0, 0.1) is 6.92 Å². The Morgan fingerprint density at radius 1 is 1.25 bits per heavy atom. The molecule has 0 saturated heterocycles. The van der Waals surface area contributed by atoms with Gasteiger partial charge in [-0.3, -0.25) is 0 Å². The fourth-order valence-electron chi connectivity index (χ4n) is 2.59. The molecule has 5 heteroatoms. The number of likely N-dealkylation sites (N-methyl/N-ethyl adjacent to an activating group) is 1. The van der Waals surface area contributed by atoms with Crippen LogP contribution in [0.5, 0.6) is 5.75 Å². The molecule has 124 valence electrons. The van der Waals surface area contributed by atoms with Gasteiger partial charge in [0.25, 0.3) is 0 Å². The van der Waals surface area contributed by atoms with E-state index in [0.717, 1.165) is 35.0 Å². The van der Waals surface area contributed by atoms with Crippen LogP contribution in [0.1, 0.15) is 21.6 Å². The summed E-state index contributed by atoms with van der Waals surface area (Å²) < 4.78 is 5.62. The summed E-state index contributed by atoms with van der Waals surface area (Å²) in [5.74, 6) is 0.122. The topological polar surface area (TPSA) is 58.2 Å². The van der Waals surface area contributed by atoms with E-state index in [2.05, 4.69) is 14.9 Å². The van der Waals surface area contributed by atoms with Crippen molar-refractivity contribution in [2.24, 2.45) is 0 Å². The molecule has 0 fully saturated rings. The number of esters is 1. The number of nitrogens with one attached hydrogen (secondary N) is 1. The number of ether oxygens (including phenoxy) is 1. The summed E-state index contributed by atoms with van der Waals surface area (Å²) in [5, 5.41) is 0.958. The zero-order valence-electron chi connectivity index (χ0n) is 14.2.